The van der Waals surface area contributed by atoms with Crippen LogP contribution in [-0.2, 0) is 6.54 Å². The zero-order valence-electron chi connectivity index (χ0n) is 10.8. The van der Waals surface area contributed by atoms with Crippen molar-refractivity contribution in [2.75, 3.05) is 0 Å². The number of amides is 2. The lowest BCUT2D eigenvalue weighted by Crippen LogP contribution is -2.29. The van der Waals surface area contributed by atoms with Gasteiger partial charge in [0.05, 0.1) is 23.2 Å². The lowest BCUT2D eigenvalue weighted by Gasteiger charge is -2.13. The number of benzene rings is 1. The lowest BCUT2D eigenvalue weighted by molar-refractivity contribution is 0.0640. The Labute approximate surface area is 119 Å². The normalized spacial score (nSPS) is 13.4. The second-order valence-corrected chi connectivity index (χ2v) is 4.62. The number of carbonyl (C=O) groups excluding carboxylic acids is 2. The highest BCUT2D eigenvalue weighted by atomic mass is 16.4. The lowest BCUT2D eigenvalue weighted by atomic mass is 10.1. The van der Waals surface area contributed by atoms with Crippen LogP contribution in [0.5, 0.6) is 0 Å². The largest absolute Gasteiger partial charge is 0.478 e. The summed E-state index contributed by atoms with van der Waals surface area (Å²) in [5.41, 5.74) is 1.07. The van der Waals surface area contributed by atoms with Crippen molar-refractivity contribution >= 4 is 17.8 Å². The van der Waals surface area contributed by atoms with Gasteiger partial charge >= 0.3 is 5.97 Å². The second-order valence-electron chi connectivity index (χ2n) is 4.62. The van der Waals surface area contributed by atoms with Crippen LogP contribution >= 0.6 is 0 Å². The van der Waals surface area contributed by atoms with Gasteiger partial charge in [-0.3, -0.25) is 19.5 Å². The van der Waals surface area contributed by atoms with E-state index in [0.717, 1.165) is 10.5 Å². The topological polar surface area (TPSA) is 87.6 Å². The van der Waals surface area contributed by atoms with Gasteiger partial charge in [0.15, 0.2) is 0 Å². The Morgan fingerprint density at radius 3 is 2.57 bits per heavy atom. The summed E-state index contributed by atoms with van der Waals surface area (Å²) in [6.45, 7) is 0.114. The van der Waals surface area contributed by atoms with Crippen LogP contribution in [0.15, 0.2) is 42.7 Å². The molecule has 3 rings (SSSR count). The van der Waals surface area contributed by atoms with E-state index in [2.05, 4.69) is 4.98 Å². The molecule has 2 aromatic rings. The van der Waals surface area contributed by atoms with Crippen LogP contribution < -0.4 is 0 Å². The monoisotopic (exact) mass is 282 g/mol. The number of hydrogen-bond acceptors (Lipinski definition) is 4. The van der Waals surface area contributed by atoms with Gasteiger partial charge in [-0.1, -0.05) is 6.07 Å². The van der Waals surface area contributed by atoms with Gasteiger partial charge in [0.25, 0.3) is 11.8 Å². The number of carboxylic acids is 1. The summed E-state index contributed by atoms with van der Waals surface area (Å²) >= 11 is 0. The number of aromatic nitrogens is 1. The maximum Gasteiger partial charge on any atom is 0.335 e. The highest BCUT2D eigenvalue weighted by Gasteiger charge is 2.35. The molecule has 0 saturated carbocycles. The van der Waals surface area contributed by atoms with Crippen molar-refractivity contribution in [3.8, 4) is 0 Å². The fraction of sp³-hybridized carbons (Fsp3) is 0.0667. The summed E-state index contributed by atoms with van der Waals surface area (Å²) in [5, 5.41) is 8.95. The van der Waals surface area contributed by atoms with Crippen molar-refractivity contribution < 1.29 is 19.5 Å². The molecule has 1 aromatic heterocycles. The first kappa shape index (κ1) is 13.0. The van der Waals surface area contributed by atoms with E-state index < -0.39 is 17.8 Å². The van der Waals surface area contributed by atoms with Gasteiger partial charge in [-0.25, -0.2) is 4.79 Å². The zero-order chi connectivity index (χ0) is 15.0. The summed E-state index contributed by atoms with van der Waals surface area (Å²) in [4.78, 5) is 40.5. The number of fused-ring (bicyclic) bond motifs is 1. The molecule has 1 aliphatic heterocycles. The summed E-state index contributed by atoms with van der Waals surface area (Å²) in [7, 11) is 0. The van der Waals surface area contributed by atoms with Crippen molar-refractivity contribution in [2.24, 2.45) is 0 Å². The van der Waals surface area contributed by atoms with Crippen LogP contribution in [-0.4, -0.2) is 32.8 Å². The Balaban J connectivity index is 1.95. The van der Waals surface area contributed by atoms with E-state index in [-0.39, 0.29) is 23.2 Å². The van der Waals surface area contributed by atoms with Crippen LogP contribution in [0.4, 0.5) is 0 Å². The quantitative estimate of drug-likeness (QED) is 0.863. The van der Waals surface area contributed by atoms with E-state index in [0.29, 0.717) is 0 Å². The molecular weight excluding hydrogens is 272 g/mol. The van der Waals surface area contributed by atoms with E-state index in [9.17, 15) is 14.4 Å². The van der Waals surface area contributed by atoms with E-state index in [1.54, 1.807) is 24.5 Å². The van der Waals surface area contributed by atoms with Gasteiger partial charge in [0.2, 0.25) is 0 Å². The van der Waals surface area contributed by atoms with Crippen molar-refractivity contribution in [2.45, 2.75) is 6.54 Å². The van der Waals surface area contributed by atoms with Crippen molar-refractivity contribution in [1.82, 2.24) is 9.88 Å². The number of carbonyl (C=O) groups is 3. The molecule has 2 heterocycles. The molecule has 0 atom stereocenters. The Kier molecular flexibility index (Phi) is 2.98. The summed E-state index contributed by atoms with van der Waals surface area (Å²) in [6.07, 6.45) is 3.18. The van der Waals surface area contributed by atoms with Crippen LogP contribution in [0.1, 0.15) is 36.6 Å². The van der Waals surface area contributed by atoms with Gasteiger partial charge in [-0.05, 0) is 29.8 Å². The zero-order valence-corrected chi connectivity index (χ0v) is 10.8. The molecule has 1 N–H and O–H groups in total. The third-order valence-electron chi connectivity index (χ3n) is 3.28. The van der Waals surface area contributed by atoms with Crippen LogP contribution in [0.2, 0.25) is 0 Å². The molecular formula is C15H10N2O4. The number of aromatic carboxylic acids is 1. The first-order valence-corrected chi connectivity index (χ1v) is 6.20. The SMILES string of the molecule is O=C(O)c1ccc2c(c1)C(=O)N(Cc1cccnc1)C2=O. The average Bonchev–Trinajstić information content (AvgIpc) is 2.73. The molecule has 21 heavy (non-hydrogen) atoms. The standard InChI is InChI=1S/C15H10N2O4/c18-13-11-4-3-10(15(20)21)6-12(11)14(19)17(13)8-9-2-1-5-16-7-9/h1-7H,8H2,(H,20,21). The molecule has 0 unspecified atom stereocenters. The van der Waals surface area contributed by atoms with E-state index in [4.69, 9.17) is 5.11 Å². The maximum absolute atomic E-state index is 12.3. The Morgan fingerprint density at radius 1 is 1.14 bits per heavy atom. The number of rotatable bonds is 3. The van der Waals surface area contributed by atoms with E-state index >= 15 is 0 Å². The number of imide groups is 1. The number of carboxylic acid groups (broad SMARTS) is 1. The first-order chi connectivity index (χ1) is 10.1. The molecule has 6 nitrogen and oxygen atoms in total. The van der Waals surface area contributed by atoms with Gasteiger partial charge in [-0.15, -0.1) is 0 Å². The molecule has 104 valence electrons. The summed E-state index contributed by atoms with van der Waals surface area (Å²) in [6, 6.07) is 7.42. The van der Waals surface area contributed by atoms with Crippen LogP contribution in [0.3, 0.4) is 0 Å². The third kappa shape index (κ3) is 2.16. The number of nitrogens with zero attached hydrogens (tertiary/aromatic N) is 2. The molecule has 0 bridgehead atoms. The molecule has 0 fully saturated rings. The van der Waals surface area contributed by atoms with Gasteiger partial charge in [0, 0.05) is 12.4 Å². The predicted octanol–water partition coefficient (Wildman–Crippen LogP) is 1.58. The minimum Gasteiger partial charge on any atom is -0.478 e. The van der Waals surface area contributed by atoms with Crippen molar-refractivity contribution in [3.63, 3.8) is 0 Å². The first-order valence-electron chi connectivity index (χ1n) is 6.20. The second kappa shape index (κ2) is 4.82. The molecule has 0 radical (unpaired) electrons. The number of pyridine rings is 1. The number of hydrogen-bond donors (Lipinski definition) is 1. The van der Waals surface area contributed by atoms with Crippen LogP contribution in [0, 0.1) is 0 Å². The molecule has 6 heteroatoms. The molecule has 0 aliphatic carbocycles. The molecule has 2 amide bonds. The molecule has 0 saturated heterocycles. The van der Waals surface area contributed by atoms with E-state index in [1.165, 1.54) is 18.2 Å². The average molecular weight is 282 g/mol. The molecule has 1 aromatic carbocycles. The minimum atomic E-state index is -1.14. The van der Waals surface area contributed by atoms with Crippen LogP contribution in [0.25, 0.3) is 0 Å². The Morgan fingerprint density at radius 2 is 1.90 bits per heavy atom. The molecule has 1 aliphatic rings. The van der Waals surface area contributed by atoms with E-state index in [1.807, 2.05) is 0 Å². The minimum absolute atomic E-state index is 0.0156. The smallest absolute Gasteiger partial charge is 0.335 e. The highest BCUT2D eigenvalue weighted by molar-refractivity contribution is 6.21. The molecule has 0 spiro atoms. The van der Waals surface area contributed by atoms with Crippen molar-refractivity contribution in [1.29, 1.82) is 0 Å². The fourth-order valence-electron chi connectivity index (χ4n) is 2.24. The summed E-state index contributed by atoms with van der Waals surface area (Å²) in [5.74, 6) is -2.04. The Bertz CT molecular complexity index is 756. The summed E-state index contributed by atoms with van der Waals surface area (Å²) < 4.78 is 0. The van der Waals surface area contributed by atoms with Gasteiger partial charge < -0.3 is 5.11 Å². The third-order valence-corrected chi connectivity index (χ3v) is 3.28. The van der Waals surface area contributed by atoms with Gasteiger partial charge in [-0.2, -0.15) is 0 Å². The Hall–Kier alpha value is -3.02. The van der Waals surface area contributed by atoms with Gasteiger partial charge in [0.1, 0.15) is 0 Å². The highest BCUT2D eigenvalue weighted by Crippen LogP contribution is 2.25. The fourth-order valence-corrected chi connectivity index (χ4v) is 2.24. The maximum atomic E-state index is 12.3. The predicted molar refractivity (Wildman–Crippen MR) is 71.8 cm³/mol. The van der Waals surface area contributed by atoms with Crippen molar-refractivity contribution in [3.05, 3.63) is 65.0 Å².